The van der Waals surface area contributed by atoms with Crippen molar-refractivity contribution in [2.24, 2.45) is 0 Å². The Morgan fingerprint density at radius 1 is 1.37 bits per heavy atom. The fraction of sp³-hybridized carbons (Fsp3) is 0.588. The molecule has 0 spiro atoms. The second-order valence-electron chi connectivity index (χ2n) is 6.92. The van der Waals surface area contributed by atoms with Gasteiger partial charge < -0.3 is 29.4 Å². The number of carbonyl (C=O) groups excluding carboxylic acids is 1. The first kappa shape index (κ1) is 19.5. The van der Waals surface area contributed by atoms with Crippen LogP contribution in [0, 0.1) is 10.1 Å². The number of hydrogen-bond donors (Lipinski definition) is 2. The van der Waals surface area contributed by atoms with Crippen molar-refractivity contribution in [3.63, 3.8) is 0 Å². The van der Waals surface area contributed by atoms with Crippen molar-refractivity contribution < 1.29 is 33.8 Å². The van der Waals surface area contributed by atoms with Crippen LogP contribution in [0.2, 0.25) is 0 Å². The van der Waals surface area contributed by atoms with E-state index in [0.29, 0.717) is 5.75 Å². The Morgan fingerprint density at radius 3 is 2.63 bits per heavy atom. The summed E-state index contributed by atoms with van der Waals surface area (Å²) in [4.78, 5) is 21.8. The van der Waals surface area contributed by atoms with E-state index in [1.165, 1.54) is 31.2 Å². The Kier molecular flexibility index (Phi) is 5.33. The third kappa shape index (κ3) is 4.35. The highest BCUT2D eigenvalue weighted by atomic mass is 16.8. The number of aliphatic hydroxyl groups excluding tert-OH is 1. The molecule has 0 aromatic heterocycles. The fourth-order valence-electron chi connectivity index (χ4n) is 3.11. The molecule has 148 valence electrons. The van der Waals surface area contributed by atoms with E-state index in [-0.39, 0.29) is 18.2 Å². The number of non-ortho nitro benzene ring substituents is 1. The summed E-state index contributed by atoms with van der Waals surface area (Å²) in [5.41, 5.74) is -0.0817. The van der Waals surface area contributed by atoms with Crippen LogP contribution in [0.5, 0.6) is 5.75 Å². The van der Waals surface area contributed by atoms with Gasteiger partial charge in [0.2, 0.25) is 12.2 Å². The molecular weight excluding hydrogens is 360 g/mol. The van der Waals surface area contributed by atoms with E-state index in [1.54, 1.807) is 13.8 Å². The van der Waals surface area contributed by atoms with Crippen LogP contribution >= 0.6 is 0 Å². The van der Waals surface area contributed by atoms with E-state index in [1.807, 2.05) is 0 Å². The van der Waals surface area contributed by atoms with Crippen molar-refractivity contribution in [2.75, 3.05) is 6.61 Å². The highest BCUT2D eigenvalue weighted by molar-refractivity contribution is 5.73. The Balaban J connectivity index is 1.79. The topological polar surface area (TPSA) is 129 Å². The van der Waals surface area contributed by atoms with Crippen molar-refractivity contribution >= 4 is 11.6 Å². The van der Waals surface area contributed by atoms with Gasteiger partial charge in [0.05, 0.1) is 11.5 Å². The lowest BCUT2D eigenvalue weighted by atomic mass is 9.95. The molecule has 0 aliphatic carbocycles. The standard InChI is InChI=1S/C17H22N2O8/c1-9(20)18-13-14(21)15-12(8-24-17(2,3)27-15)26-16(13)25-11-6-4-10(5-7-11)19(22)23/h4-7,12-16,21H,8H2,1-3H3,(H,18,20). The number of nitrogens with zero attached hydrogens (tertiary/aromatic N) is 1. The van der Waals surface area contributed by atoms with Gasteiger partial charge in [0.1, 0.15) is 30.1 Å². The van der Waals surface area contributed by atoms with E-state index in [9.17, 15) is 20.0 Å². The summed E-state index contributed by atoms with van der Waals surface area (Å²) in [5.74, 6) is -0.965. The normalized spacial score (nSPS) is 32.2. The van der Waals surface area contributed by atoms with Crippen LogP contribution in [0.15, 0.2) is 24.3 Å². The molecule has 5 unspecified atom stereocenters. The molecule has 1 aromatic rings. The molecule has 5 atom stereocenters. The minimum atomic E-state index is -1.10. The van der Waals surface area contributed by atoms with E-state index >= 15 is 0 Å². The lowest BCUT2D eigenvalue weighted by molar-refractivity contribution is -0.384. The second-order valence-corrected chi connectivity index (χ2v) is 6.92. The van der Waals surface area contributed by atoms with E-state index in [2.05, 4.69) is 5.32 Å². The molecule has 3 rings (SSSR count). The summed E-state index contributed by atoms with van der Waals surface area (Å²) in [6.45, 7) is 4.95. The summed E-state index contributed by atoms with van der Waals surface area (Å²) in [7, 11) is 0. The van der Waals surface area contributed by atoms with E-state index in [4.69, 9.17) is 18.9 Å². The minimum Gasteiger partial charge on any atom is -0.463 e. The van der Waals surface area contributed by atoms with Crippen LogP contribution in [0.25, 0.3) is 0 Å². The molecule has 2 N–H and O–H groups in total. The predicted molar refractivity (Wildman–Crippen MR) is 90.9 cm³/mol. The third-order valence-corrected chi connectivity index (χ3v) is 4.36. The van der Waals surface area contributed by atoms with Gasteiger partial charge in [0.25, 0.3) is 5.69 Å². The molecule has 1 amide bonds. The lowest BCUT2D eigenvalue weighted by Crippen LogP contribution is -2.69. The van der Waals surface area contributed by atoms with Gasteiger partial charge in [-0.15, -0.1) is 0 Å². The number of rotatable bonds is 4. The zero-order valence-corrected chi connectivity index (χ0v) is 15.2. The molecule has 0 saturated carbocycles. The van der Waals surface area contributed by atoms with Crippen molar-refractivity contribution in [1.82, 2.24) is 5.32 Å². The first-order chi connectivity index (χ1) is 12.7. The number of hydrogen-bond acceptors (Lipinski definition) is 8. The molecule has 1 aromatic carbocycles. The summed E-state index contributed by atoms with van der Waals surface area (Å²) >= 11 is 0. The molecule has 10 heteroatoms. The molecule has 2 saturated heterocycles. The number of nitro groups is 1. The Labute approximate surface area is 155 Å². The molecule has 2 aliphatic rings. The second kappa shape index (κ2) is 7.39. The number of benzene rings is 1. The first-order valence-electron chi connectivity index (χ1n) is 8.50. The molecule has 2 heterocycles. The maximum absolute atomic E-state index is 11.6. The minimum absolute atomic E-state index is 0.0817. The number of aliphatic hydroxyl groups is 1. The van der Waals surface area contributed by atoms with Crippen LogP contribution in [-0.2, 0) is 19.0 Å². The fourth-order valence-corrected chi connectivity index (χ4v) is 3.11. The van der Waals surface area contributed by atoms with Crippen molar-refractivity contribution in [3.8, 4) is 5.75 Å². The van der Waals surface area contributed by atoms with E-state index < -0.39 is 41.4 Å². The van der Waals surface area contributed by atoms with Gasteiger partial charge in [0.15, 0.2) is 5.79 Å². The van der Waals surface area contributed by atoms with Gasteiger partial charge in [-0.2, -0.15) is 0 Å². The van der Waals surface area contributed by atoms with Gasteiger partial charge in [-0.3, -0.25) is 14.9 Å². The quantitative estimate of drug-likeness (QED) is 0.575. The molecular formula is C17H22N2O8. The molecule has 27 heavy (non-hydrogen) atoms. The largest absolute Gasteiger partial charge is 0.463 e. The summed E-state index contributed by atoms with van der Waals surface area (Å²) in [5, 5.41) is 24.2. The smallest absolute Gasteiger partial charge is 0.269 e. The first-order valence-corrected chi connectivity index (χ1v) is 8.50. The number of amides is 1. The monoisotopic (exact) mass is 382 g/mol. The Morgan fingerprint density at radius 2 is 2.04 bits per heavy atom. The average molecular weight is 382 g/mol. The van der Waals surface area contributed by atoms with E-state index in [0.717, 1.165) is 0 Å². The maximum atomic E-state index is 11.6. The average Bonchev–Trinajstić information content (AvgIpc) is 2.59. The van der Waals surface area contributed by atoms with Crippen LogP contribution in [0.4, 0.5) is 5.69 Å². The van der Waals surface area contributed by atoms with Crippen LogP contribution in [-0.4, -0.2) is 59.0 Å². The van der Waals surface area contributed by atoms with Crippen LogP contribution < -0.4 is 10.1 Å². The summed E-state index contributed by atoms with van der Waals surface area (Å²) < 4.78 is 22.9. The number of nitro benzene ring substituents is 1. The highest BCUT2D eigenvalue weighted by Crippen LogP contribution is 2.33. The van der Waals surface area contributed by atoms with Crippen molar-refractivity contribution in [2.45, 2.75) is 57.2 Å². The lowest BCUT2D eigenvalue weighted by Gasteiger charge is -2.49. The molecule has 0 bridgehead atoms. The molecule has 0 radical (unpaired) electrons. The number of fused-ring (bicyclic) bond motifs is 1. The molecule has 2 fully saturated rings. The van der Waals surface area contributed by atoms with Gasteiger partial charge in [-0.25, -0.2) is 0 Å². The SMILES string of the molecule is CC(=O)NC1C(Oc2ccc([N+](=O)[O-])cc2)OC2COC(C)(C)OC2C1O. The zero-order valence-electron chi connectivity index (χ0n) is 15.2. The summed E-state index contributed by atoms with van der Waals surface area (Å²) in [6, 6.07) is 4.52. The number of nitrogens with one attached hydrogen (secondary N) is 1. The zero-order chi connectivity index (χ0) is 19.8. The maximum Gasteiger partial charge on any atom is 0.269 e. The molecule has 10 nitrogen and oxygen atoms in total. The molecule has 2 aliphatic heterocycles. The van der Waals surface area contributed by atoms with Gasteiger partial charge in [-0.1, -0.05) is 0 Å². The summed E-state index contributed by atoms with van der Waals surface area (Å²) in [6.07, 6.45) is -3.43. The van der Waals surface area contributed by atoms with Crippen molar-refractivity contribution in [3.05, 3.63) is 34.4 Å². The number of carbonyl (C=O) groups is 1. The Hall–Kier alpha value is -2.27. The third-order valence-electron chi connectivity index (χ3n) is 4.36. The van der Waals surface area contributed by atoms with Crippen molar-refractivity contribution in [1.29, 1.82) is 0 Å². The van der Waals surface area contributed by atoms with Gasteiger partial charge in [0, 0.05) is 19.1 Å². The highest BCUT2D eigenvalue weighted by Gasteiger charge is 2.52. The van der Waals surface area contributed by atoms with Crippen LogP contribution in [0.1, 0.15) is 20.8 Å². The number of ether oxygens (including phenoxy) is 4. The van der Waals surface area contributed by atoms with Crippen LogP contribution in [0.3, 0.4) is 0 Å². The van der Waals surface area contributed by atoms with Gasteiger partial charge >= 0.3 is 0 Å². The van der Waals surface area contributed by atoms with Gasteiger partial charge in [-0.05, 0) is 26.0 Å². The predicted octanol–water partition coefficient (Wildman–Crippen LogP) is 0.716. The Bertz CT molecular complexity index is 707.